The Kier molecular flexibility index (Phi) is 18.5. The van der Waals surface area contributed by atoms with Gasteiger partial charge in [0.2, 0.25) is 29.5 Å². The number of phenols is 5. The van der Waals surface area contributed by atoms with E-state index in [1.54, 1.807) is 0 Å². The zero-order valence-electron chi connectivity index (χ0n) is 42.4. The third kappa shape index (κ3) is 13.0. The van der Waals surface area contributed by atoms with E-state index >= 15 is 0 Å². The molecule has 5 aromatic rings. The molecule has 28 nitrogen and oxygen atoms in total. The molecule has 4 aromatic carbocycles. The predicted molar refractivity (Wildman–Crippen MR) is 269 cm³/mol. The molecule has 0 amide bonds. The first-order chi connectivity index (χ1) is 38.6. The molecule has 15 atom stereocenters. The third-order valence-corrected chi connectivity index (χ3v) is 13.1. The van der Waals surface area contributed by atoms with Crippen LogP contribution in [-0.4, -0.2) is 210 Å². The van der Waals surface area contributed by atoms with Crippen LogP contribution in [0.2, 0.25) is 0 Å². The molecule has 0 radical (unpaired) electrons. The standard InChI is InChI=1S/C53H56O28/c1-71-30-14-22(15-31(72-2)38(30)61)5-12-36(60)73-19-33-40(63)44(67)47(70)52(78-33)81-50-45(68)41(64)34(20-74-35(59)11-4-21-3-10-26(56)27(57)13-21)79-53(50)80-49-42(65)37-28(58)16-25(75-51-46(69)43(66)39(62)32(18-54)77-51)17-29(37)76-48(49)23-6-8-24(55)9-7-23/h3-17,32-34,39-41,43-47,50-58,61-64,66-70H,18-20H2,1-2H3/b11-4+,12-5+/t32-,33-,34-,39-,40-,41-,43+,44+,45+,46-,47-,50-,51-,52+,53-/m1/s1. The average molecular weight is 1140 g/mol. The van der Waals surface area contributed by atoms with Crippen molar-refractivity contribution in [2.45, 2.75) is 92.1 Å². The lowest BCUT2D eigenvalue weighted by Gasteiger charge is -2.46. The van der Waals surface area contributed by atoms with Crippen molar-refractivity contribution in [2.24, 2.45) is 0 Å². The van der Waals surface area contributed by atoms with Crippen molar-refractivity contribution in [1.29, 1.82) is 0 Å². The van der Waals surface area contributed by atoms with E-state index < -0.39 is 169 Å². The Morgan fingerprint density at radius 1 is 0.568 bits per heavy atom. The van der Waals surface area contributed by atoms with E-state index in [9.17, 15) is 85.9 Å². The molecule has 14 N–H and O–H groups in total. The Morgan fingerprint density at radius 3 is 1.72 bits per heavy atom. The second-order valence-electron chi connectivity index (χ2n) is 18.5. The SMILES string of the molecule is COc1cc(/C=C/C(=O)OC[C@H]2O[C@@H](O[C@H]3[C@@H](Oc4c(-c5ccc(O)cc5)oc5cc(O[C@@H]6O[C@H](CO)[C@@H](O)[C@H](O)[C@H]6O)cc(O)c5c4=O)O[C@H](COC(=O)/C=C/c4ccc(O)c(O)c4)[C@@H](O)[C@@H]3O)[C@H](O)[C@@H](O)[C@@H]2O)cc(OC)c1O. The number of aliphatic hydroxyl groups excluding tert-OH is 9. The van der Waals surface area contributed by atoms with Crippen molar-refractivity contribution in [3.05, 3.63) is 100 Å². The summed E-state index contributed by atoms with van der Waals surface area (Å²) >= 11 is 0. The van der Waals surface area contributed by atoms with Crippen LogP contribution in [0.4, 0.5) is 0 Å². The van der Waals surface area contributed by atoms with Gasteiger partial charge in [-0.2, -0.15) is 0 Å². The summed E-state index contributed by atoms with van der Waals surface area (Å²) in [6.45, 7) is -2.49. The molecule has 0 aliphatic carbocycles. The third-order valence-electron chi connectivity index (χ3n) is 13.1. The molecule has 8 rings (SSSR count). The molecule has 1 aromatic heterocycles. The summed E-state index contributed by atoms with van der Waals surface area (Å²) in [5.41, 5.74) is -1.10. The van der Waals surface area contributed by atoms with Crippen molar-refractivity contribution in [2.75, 3.05) is 34.0 Å². The van der Waals surface area contributed by atoms with E-state index in [1.807, 2.05) is 0 Å². The molecule has 0 spiro atoms. The van der Waals surface area contributed by atoms with Gasteiger partial charge < -0.3 is 123 Å². The van der Waals surface area contributed by atoms with Crippen LogP contribution < -0.4 is 24.4 Å². The van der Waals surface area contributed by atoms with Gasteiger partial charge in [-0.1, -0.05) is 6.07 Å². The number of carbonyl (C=O) groups excluding carboxylic acids is 2. The number of benzene rings is 4. The number of aliphatic hydroxyl groups is 9. The van der Waals surface area contributed by atoms with Crippen LogP contribution in [0, 0.1) is 0 Å². The number of hydrogen-bond acceptors (Lipinski definition) is 28. The van der Waals surface area contributed by atoms with E-state index in [0.29, 0.717) is 5.56 Å². The molecular weight excluding hydrogens is 1080 g/mol. The summed E-state index contributed by atoms with van der Waals surface area (Å²) in [6.07, 6.45) is -24.9. The number of carbonyl (C=O) groups is 2. The average Bonchev–Trinajstić information content (AvgIpc) is 3.54. The van der Waals surface area contributed by atoms with Gasteiger partial charge in [-0.15, -0.1) is 0 Å². The molecule has 436 valence electrons. The van der Waals surface area contributed by atoms with Crippen LogP contribution >= 0.6 is 0 Å². The Labute approximate surface area is 456 Å². The number of phenolic OH excluding ortho intramolecular Hbond substituents is 5. The fraction of sp³-hybridized carbons (Fsp3) is 0.377. The van der Waals surface area contributed by atoms with Gasteiger partial charge in [-0.3, -0.25) is 4.79 Å². The first kappa shape index (κ1) is 59.3. The lowest BCUT2D eigenvalue weighted by atomic mass is 9.97. The highest BCUT2D eigenvalue weighted by atomic mass is 16.8. The second-order valence-corrected chi connectivity index (χ2v) is 18.5. The first-order valence-corrected chi connectivity index (χ1v) is 24.4. The topological polar surface area (TPSA) is 440 Å². The van der Waals surface area contributed by atoms with Crippen LogP contribution in [0.25, 0.3) is 34.4 Å². The molecule has 28 heteroatoms. The number of fused-ring (bicyclic) bond motifs is 1. The zero-order chi connectivity index (χ0) is 58.6. The molecule has 0 saturated carbocycles. The Bertz CT molecular complexity index is 3130. The smallest absolute Gasteiger partial charge is 0.330 e. The van der Waals surface area contributed by atoms with Crippen LogP contribution in [-0.2, 0) is 38.0 Å². The normalized spacial score (nSPS) is 28.7. The first-order valence-electron chi connectivity index (χ1n) is 24.4. The molecule has 0 unspecified atom stereocenters. The number of ether oxygens (including phenoxy) is 10. The Balaban J connectivity index is 1.11. The maximum absolute atomic E-state index is 14.8. The van der Waals surface area contributed by atoms with Gasteiger partial charge >= 0.3 is 11.9 Å². The minimum Gasteiger partial charge on any atom is -0.508 e. The van der Waals surface area contributed by atoms with Crippen molar-refractivity contribution in [1.82, 2.24) is 0 Å². The summed E-state index contributed by atoms with van der Waals surface area (Å²) in [5.74, 6) is -6.11. The number of hydrogen-bond donors (Lipinski definition) is 14. The summed E-state index contributed by atoms with van der Waals surface area (Å²) in [5, 5.41) is 148. The fourth-order valence-corrected chi connectivity index (χ4v) is 8.66. The predicted octanol–water partition coefficient (Wildman–Crippen LogP) is -1.28. The van der Waals surface area contributed by atoms with Gasteiger partial charge in [0.25, 0.3) is 0 Å². The van der Waals surface area contributed by atoms with Crippen molar-refractivity contribution in [3.63, 3.8) is 0 Å². The molecule has 3 aliphatic heterocycles. The lowest BCUT2D eigenvalue weighted by Crippen LogP contribution is -2.65. The van der Waals surface area contributed by atoms with Gasteiger partial charge in [0.1, 0.15) is 109 Å². The van der Waals surface area contributed by atoms with E-state index in [0.717, 1.165) is 36.4 Å². The highest BCUT2D eigenvalue weighted by Crippen LogP contribution is 2.41. The van der Waals surface area contributed by atoms with Crippen molar-refractivity contribution < 1.29 is 133 Å². The monoisotopic (exact) mass is 1140 g/mol. The highest BCUT2D eigenvalue weighted by Gasteiger charge is 2.53. The molecular formula is C53H56O28. The molecule has 3 saturated heterocycles. The summed E-state index contributed by atoms with van der Waals surface area (Å²) in [6, 6.07) is 13.2. The minimum atomic E-state index is -2.23. The fourth-order valence-electron chi connectivity index (χ4n) is 8.66. The van der Waals surface area contributed by atoms with E-state index in [4.69, 9.17) is 51.8 Å². The maximum Gasteiger partial charge on any atom is 0.330 e. The van der Waals surface area contributed by atoms with Crippen LogP contribution in [0.15, 0.2) is 88.1 Å². The number of aromatic hydroxyl groups is 5. The lowest BCUT2D eigenvalue weighted by molar-refractivity contribution is -0.358. The van der Waals surface area contributed by atoms with Crippen LogP contribution in [0.5, 0.6) is 51.7 Å². The number of methoxy groups -OCH3 is 2. The molecule has 0 bridgehead atoms. The van der Waals surface area contributed by atoms with Gasteiger partial charge in [0, 0.05) is 29.8 Å². The van der Waals surface area contributed by atoms with Gasteiger partial charge in [0.05, 0.1) is 20.8 Å². The Morgan fingerprint density at radius 2 is 1.12 bits per heavy atom. The van der Waals surface area contributed by atoms with Crippen LogP contribution in [0.1, 0.15) is 11.1 Å². The summed E-state index contributed by atoms with van der Waals surface area (Å²) in [4.78, 5) is 40.6. The summed E-state index contributed by atoms with van der Waals surface area (Å²) in [7, 11) is 2.58. The maximum atomic E-state index is 14.8. The van der Waals surface area contributed by atoms with Gasteiger partial charge in [-0.25, -0.2) is 9.59 Å². The minimum absolute atomic E-state index is 0.0168. The van der Waals surface area contributed by atoms with Crippen molar-refractivity contribution in [3.8, 4) is 63.1 Å². The van der Waals surface area contributed by atoms with Crippen LogP contribution in [0.3, 0.4) is 0 Å². The zero-order valence-corrected chi connectivity index (χ0v) is 42.4. The number of rotatable bonds is 18. The van der Waals surface area contributed by atoms with E-state index in [-0.39, 0.29) is 39.9 Å². The molecule has 81 heavy (non-hydrogen) atoms. The van der Waals surface area contributed by atoms with E-state index in [2.05, 4.69) is 0 Å². The molecule has 4 heterocycles. The second kappa shape index (κ2) is 25.3. The largest absolute Gasteiger partial charge is 0.508 e. The summed E-state index contributed by atoms with van der Waals surface area (Å²) < 4.78 is 62.0. The van der Waals surface area contributed by atoms with Crippen molar-refractivity contribution >= 4 is 35.1 Å². The molecule has 3 aliphatic rings. The molecule has 3 fully saturated rings. The highest BCUT2D eigenvalue weighted by molar-refractivity contribution is 5.89. The number of esters is 2. The van der Waals surface area contributed by atoms with Gasteiger partial charge in [-0.05, 0) is 71.8 Å². The quantitative estimate of drug-likeness (QED) is 0.0276. The Hall–Kier alpha value is -7.81. The van der Waals surface area contributed by atoms with E-state index in [1.165, 1.54) is 68.8 Å². The van der Waals surface area contributed by atoms with Gasteiger partial charge in [0.15, 0.2) is 41.2 Å².